The van der Waals surface area contributed by atoms with Crippen molar-refractivity contribution in [2.24, 2.45) is 17.8 Å². The Kier molecular flexibility index (Phi) is 2.68. The largest absolute Gasteiger partial charge is 0.461 e. The van der Waals surface area contributed by atoms with Crippen LogP contribution in [0.15, 0.2) is 22.8 Å². The van der Waals surface area contributed by atoms with Crippen LogP contribution in [-0.2, 0) is 14.3 Å². The van der Waals surface area contributed by atoms with Gasteiger partial charge in [-0.25, -0.2) is 0 Å². The van der Waals surface area contributed by atoms with Gasteiger partial charge in [-0.2, -0.15) is 0 Å². The van der Waals surface area contributed by atoms with Gasteiger partial charge in [0.15, 0.2) is 5.78 Å². The fourth-order valence-corrected chi connectivity index (χ4v) is 3.82. The zero-order chi connectivity index (χ0) is 13.9. The van der Waals surface area contributed by atoms with E-state index < -0.39 is 12.2 Å². The van der Waals surface area contributed by atoms with E-state index in [-0.39, 0.29) is 29.5 Å². The van der Waals surface area contributed by atoms with Crippen LogP contribution in [0.3, 0.4) is 0 Å². The third-order valence-corrected chi connectivity index (χ3v) is 4.75. The molecule has 0 aromatic heterocycles. The SMILES string of the molecule is CC1=CC(=O)C2=C(C)CC(O)[C@H]3C(C)C(=O)O[C@@H]3[C@@H]12. The first-order valence-electron chi connectivity index (χ1n) is 6.72. The highest BCUT2D eigenvalue weighted by Gasteiger charge is 2.53. The van der Waals surface area contributed by atoms with E-state index >= 15 is 0 Å². The number of ketones is 1. The van der Waals surface area contributed by atoms with Crippen molar-refractivity contribution < 1.29 is 19.4 Å². The van der Waals surface area contributed by atoms with E-state index in [0.717, 1.165) is 16.7 Å². The Labute approximate surface area is 112 Å². The van der Waals surface area contributed by atoms with E-state index in [9.17, 15) is 14.7 Å². The van der Waals surface area contributed by atoms with Crippen molar-refractivity contribution in [2.75, 3.05) is 0 Å². The number of rotatable bonds is 0. The molecule has 1 heterocycles. The molecule has 0 aromatic rings. The van der Waals surface area contributed by atoms with Crippen LogP contribution < -0.4 is 0 Å². The number of esters is 1. The van der Waals surface area contributed by atoms with Crippen molar-refractivity contribution in [3.05, 3.63) is 22.8 Å². The van der Waals surface area contributed by atoms with Crippen LogP contribution in [0.4, 0.5) is 0 Å². The van der Waals surface area contributed by atoms with E-state index in [1.807, 2.05) is 13.8 Å². The number of hydrogen-bond donors (Lipinski definition) is 1. The van der Waals surface area contributed by atoms with E-state index in [1.165, 1.54) is 0 Å². The molecule has 0 spiro atoms. The van der Waals surface area contributed by atoms with Gasteiger partial charge in [0.05, 0.1) is 12.0 Å². The summed E-state index contributed by atoms with van der Waals surface area (Å²) in [5.74, 6) is -0.957. The summed E-state index contributed by atoms with van der Waals surface area (Å²) in [6.07, 6.45) is 1.06. The maximum Gasteiger partial charge on any atom is 0.309 e. The van der Waals surface area contributed by atoms with Crippen LogP contribution in [0.25, 0.3) is 0 Å². The Morgan fingerprint density at radius 3 is 2.68 bits per heavy atom. The molecule has 4 heteroatoms. The average Bonchev–Trinajstić information content (AvgIpc) is 2.72. The Balaban J connectivity index is 2.11. The molecule has 19 heavy (non-hydrogen) atoms. The molecule has 2 aliphatic carbocycles. The second kappa shape index (κ2) is 4.04. The lowest BCUT2D eigenvalue weighted by Crippen LogP contribution is -2.35. The lowest BCUT2D eigenvalue weighted by atomic mass is 9.80. The zero-order valence-electron chi connectivity index (χ0n) is 11.3. The molecule has 5 atom stereocenters. The van der Waals surface area contributed by atoms with Crippen molar-refractivity contribution in [1.29, 1.82) is 0 Å². The number of hydrogen-bond acceptors (Lipinski definition) is 4. The predicted octanol–water partition coefficient (Wildman–Crippen LogP) is 1.39. The number of fused-ring (bicyclic) bond motifs is 3. The van der Waals surface area contributed by atoms with Crippen LogP contribution in [0, 0.1) is 17.8 Å². The molecule has 1 saturated heterocycles. The Morgan fingerprint density at radius 1 is 1.32 bits per heavy atom. The standard InChI is InChI=1S/C15H18O4/c1-6-4-10(17)13-8(3)15(18)19-14(13)12-7(2)5-9(16)11(6)12/h5,8,10,12-14,17H,4H2,1-3H3/t8?,10?,12-,13+,14+/m0/s1. The van der Waals surface area contributed by atoms with Gasteiger partial charge in [0.25, 0.3) is 0 Å². The van der Waals surface area contributed by atoms with Gasteiger partial charge in [-0.3, -0.25) is 9.59 Å². The molecule has 2 unspecified atom stereocenters. The van der Waals surface area contributed by atoms with Gasteiger partial charge in [0, 0.05) is 17.4 Å². The minimum atomic E-state index is -0.620. The molecular formula is C15H18O4. The molecular weight excluding hydrogens is 244 g/mol. The van der Waals surface area contributed by atoms with Crippen molar-refractivity contribution in [1.82, 2.24) is 0 Å². The van der Waals surface area contributed by atoms with Gasteiger partial charge in [0.1, 0.15) is 6.10 Å². The first kappa shape index (κ1) is 12.6. The average molecular weight is 262 g/mol. The summed E-state index contributed by atoms with van der Waals surface area (Å²) in [5.41, 5.74) is 2.59. The second-order valence-corrected chi connectivity index (χ2v) is 5.96. The molecule has 3 aliphatic rings. The Hall–Kier alpha value is -1.42. The third-order valence-electron chi connectivity index (χ3n) is 4.75. The summed E-state index contributed by atoms with van der Waals surface area (Å²) in [5, 5.41) is 10.3. The van der Waals surface area contributed by atoms with Gasteiger partial charge >= 0.3 is 5.97 Å². The summed E-state index contributed by atoms with van der Waals surface area (Å²) in [6, 6.07) is 0. The zero-order valence-corrected chi connectivity index (χ0v) is 11.3. The predicted molar refractivity (Wildman–Crippen MR) is 68.1 cm³/mol. The topological polar surface area (TPSA) is 63.6 Å². The summed E-state index contributed by atoms with van der Waals surface area (Å²) in [7, 11) is 0. The molecule has 3 rings (SSSR count). The summed E-state index contributed by atoms with van der Waals surface area (Å²) in [6.45, 7) is 5.59. The highest BCUT2D eigenvalue weighted by atomic mass is 16.6. The van der Waals surface area contributed by atoms with Crippen LogP contribution >= 0.6 is 0 Å². The van der Waals surface area contributed by atoms with Gasteiger partial charge in [-0.05, 0) is 26.3 Å². The molecule has 0 bridgehead atoms. The number of allylic oxidation sites excluding steroid dienone is 1. The minimum absolute atomic E-state index is 0.00320. The van der Waals surface area contributed by atoms with Crippen LogP contribution in [0.5, 0.6) is 0 Å². The molecule has 1 aliphatic heterocycles. The molecule has 0 amide bonds. The Morgan fingerprint density at radius 2 is 2.00 bits per heavy atom. The molecule has 1 fully saturated rings. The lowest BCUT2D eigenvalue weighted by Gasteiger charge is -2.26. The van der Waals surface area contributed by atoms with Crippen LogP contribution in [0.2, 0.25) is 0 Å². The summed E-state index contributed by atoms with van der Waals surface area (Å²) in [4.78, 5) is 23.9. The number of carbonyl (C=O) groups is 2. The maximum absolute atomic E-state index is 12.1. The smallest absolute Gasteiger partial charge is 0.309 e. The molecule has 4 nitrogen and oxygen atoms in total. The Bertz CT molecular complexity index is 528. The van der Waals surface area contributed by atoms with Crippen LogP contribution in [0.1, 0.15) is 27.2 Å². The number of carbonyl (C=O) groups excluding carboxylic acids is 2. The molecule has 0 radical (unpaired) electrons. The number of aliphatic hydroxyl groups is 1. The van der Waals surface area contributed by atoms with Gasteiger partial charge in [-0.15, -0.1) is 0 Å². The molecule has 1 N–H and O–H groups in total. The van der Waals surface area contributed by atoms with Crippen LogP contribution in [-0.4, -0.2) is 29.1 Å². The second-order valence-electron chi connectivity index (χ2n) is 5.96. The molecule has 0 saturated carbocycles. The normalized spacial score (nSPS) is 41.7. The van der Waals surface area contributed by atoms with Gasteiger partial charge < -0.3 is 9.84 Å². The summed E-state index contributed by atoms with van der Waals surface area (Å²) < 4.78 is 5.48. The number of aliphatic hydroxyl groups excluding tert-OH is 1. The maximum atomic E-state index is 12.1. The van der Waals surface area contributed by atoms with E-state index in [2.05, 4.69) is 0 Å². The van der Waals surface area contributed by atoms with Crippen molar-refractivity contribution in [3.8, 4) is 0 Å². The van der Waals surface area contributed by atoms with Crippen molar-refractivity contribution in [2.45, 2.75) is 39.4 Å². The first-order valence-corrected chi connectivity index (χ1v) is 6.72. The van der Waals surface area contributed by atoms with Crippen molar-refractivity contribution in [3.63, 3.8) is 0 Å². The van der Waals surface area contributed by atoms with E-state index in [1.54, 1.807) is 13.0 Å². The lowest BCUT2D eigenvalue weighted by molar-refractivity contribution is -0.144. The monoisotopic (exact) mass is 262 g/mol. The van der Waals surface area contributed by atoms with E-state index in [0.29, 0.717) is 6.42 Å². The number of ether oxygens (including phenoxy) is 1. The van der Waals surface area contributed by atoms with Gasteiger partial charge in [-0.1, -0.05) is 18.1 Å². The fourth-order valence-electron chi connectivity index (χ4n) is 3.82. The fraction of sp³-hybridized carbons (Fsp3) is 0.600. The minimum Gasteiger partial charge on any atom is -0.461 e. The third kappa shape index (κ3) is 1.62. The van der Waals surface area contributed by atoms with Gasteiger partial charge in [0.2, 0.25) is 0 Å². The quantitative estimate of drug-likeness (QED) is 0.670. The molecule has 102 valence electrons. The van der Waals surface area contributed by atoms with Crippen molar-refractivity contribution >= 4 is 11.8 Å². The first-order chi connectivity index (χ1) is 8.91. The van der Waals surface area contributed by atoms with E-state index in [4.69, 9.17) is 4.74 Å². The highest BCUT2D eigenvalue weighted by molar-refractivity contribution is 6.09. The summed E-state index contributed by atoms with van der Waals surface area (Å²) >= 11 is 0. The highest BCUT2D eigenvalue weighted by Crippen LogP contribution is 2.47. The molecule has 0 aromatic carbocycles.